The van der Waals surface area contributed by atoms with Gasteiger partial charge in [0.05, 0.1) is 18.1 Å². The summed E-state index contributed by atoms with van der Waals surface area (Å²) in [6, 6.07) is 15.0. The molecule has 9 nitrogen and oxygen atoms in total. The van der Waals surface area contributed by atoms with Crippen LogP contribution in [0.25, 0.3) is 0 Å². The minimum atomic E-state index is -3.67. The van der Waals surface area contributed by atoms with Crippen molar-refractivity contribution in [1.29, 1.82) is 0 Å². The Balaban J connectivity index is 1.09. The van der Waals surface area contributed by atoms with Gasteiger partial charge in [-0.3, -0.25) is 9.69 Å². The van der Waals surface area contributed by atoms with Crippen molar-refractivity contribution < 1.29 is 22.7 Å². The molecule has 2 aromatic carbocycles. The summed E-state index contributed by atoms with van der Waals surface area (Å²) in [4.78, 5) is 18.2. The van der Waals surface area contributed by atoms with Crippen LogP contribution in [0.3, 0.4) is 0 Å². The average Bonchev–Trinajstić information content (AvgIpc) is 3.48. The number of rotatable bonds is 10. The predicted octanol–water partition coefficient (Wildman–Crippen LogP) is 3.76. The van der Waals surface area contributed by atoms with E-state index in [1.54, 1.807) is 33.1 Å². The van der Waals surface area contributed by atoms with Crippen LogP contribution in [0.2, 0.25) is 0 Å². The van der Waals surface area contributed by atoms with E-state index in [1.165, 1.54) is 9.87 Å². The van der Waals surface area contributed by atoms with Crippen LogP contribution in [0.1, 0.15) is 54.8 Å². The molecule has 10 heteroatoms. The topological polar surface area (TPSA) is 91.4 Å². The molecule has 236 valence electrons. The predicted molar refractivity (Wildman–Crippen MR) is 168 cm³/mol. The van der Waals surface area contributed by atoms with Crippen LogP contribution in [-0.2, 0) is 19.6 Å². The van der Waals surface area contributed by atoms with Crippen molar-refractivity contribution in [3.63, 3.8) is 0 Å². The molecule has 2 unspecified atom stereocenters. The third kappa shape index (κ3) is 7.60. The summed E-state index contributed by atoms with van der Waals surface area (Å²) in [5.74, 6) is 1.09. The SMILES string of the molecule is COc1cc(C)c(S(=O)(=O)N2CCC(OCC(=O)NC3CCC(C(c4ccccc4)N4CCN(C)CC4)CC3)C2)c(C)c1. The van der Waals surface area contributed by atoms with Gasteiger partial charge in [0.15, 0.2) is 0 Å². The van der Waals surface area contributed by atoms with Crippen molar-refractivity contribution in [2.24, 2.45) is 5.92 Å². The molecule has 1 saturated carbocycles. The lowest BCUT2D eigenvalue weighted by molar-refractivity contribution is -0.128. The summed E-state index contributed by atoms with van der Waals surface area (Å²) in [5.41, 5.74) is 2.72. The first-order valence-corrected chi connectivity index (χ1v) is 17.1. The lowest BCUT2D eigenvalue weighted by atomic mass is 9.78. The molecule has 3 fully saturated rings. The van der Waals surface area contributed by atoms with Crippen molar-refractivity contribution in [1.82, 2.24) is 19.4 Å². The molecular formula is C33H48N4O5S. The minimum Gasteiger partial charge on any atom is -0.497 e. The van der Waals surface area contributed by atoms with E-state index in [0.29, 0.717) is 46.7 Å². The molecule has 1 N–H and O–H groups in total. The number of aryl methyl sites for hydroxylation is 2. The highest BCUT2D eigenvalue weighted by Gasteiger charge is 2.36. The van der Waals surface area contributed by atoms with Gasteiger partial charge in [0.1, 0.15) is 12.4 Å². The first-order valence-electron chi connectivity index (χ1n) is 15.7. The number of hydrogen-bond acceptors (Lipinski definition) is 7. The Labute approximate surface area is 257 Å². The molecule has 5 rings (SSSR count). The molecule has 0 bridgehead atoms. The number of benzene rings is 2. The number of ether oxygens (including phenoxy) is 2. The monoisotopic (exact) mass is 612 g/mol. The fraction of sp³-hybridized carbons (Fsp3) is 0.606. The number of methoxy groups -OCH3 is 1. The van der Waals surface area contributed by atoms with E-state index in [4.69, 9.17) is 9.47 Å². The quantitative estimate of drug-likeness (QED) is 0.437. The average molecular weight is 613 g/mol. The van der Waals surface area contributed by atoms with E-state index in [0.717, 1.165) is 51.9 Å². The highest BCUT2D eigenvalue weighted by molar-refractivity contribution is 7.89. The Morgan fingerprint density at radius 3 is 2.23 bits per heavy atom. The van der Waals surface area contributed by atoms with Crippen LogP contribution in [0.4, 0.5) is 0 Å². The van der Waals surface area contributed by atoms with Crippen LogP contribution in [0.15, 0.2) is 47.4 Å². The van der Waals surface area contributed by atoms with Crippen molar-refractivity contribution >= 4 is 15.9 Å². The number of sulfonamides is 1. The highest BCUT2D eigenvalue weighted by atomic mass is 32.2. The number of piperazine rings is 1. The zero-order valence-electron chi connectivity index (χ0n) is 26.1. The zero-order valence-corrected chi connectivity index (χ0v) is 26.9. The maximum absolute atomic E-state index is 13.4. The standard InChI is InChI=1S/C33H48N4O5S/c1-24-20-30(41-4)21-25(2)33(24)43(39,40)37-15-14-29(22-37)42-23-31(38)34-28-12-10-27(11-13-28)32(26-8-6-5-7-9-26)36-18-16-35(3)17-19-36/h5-9,20-21,27-29,32H,10-19,22-23H2,1-4H3,(H,34,38). The first-order chi connectivity index (χ1) is 20.7. The summed E-state index contributed by atoms with van der Waals surface area (Å²) in [5, 5.41) is 3.19. The number of carbonyl (C=O) groups excluding carboxylic acids is 1. The van der Waals surface area contributed by atoms with Crippen molar-refractivity contribution in [2.75, 3.05) is 60.0 Å². The molecule has 43 heavy (non-hydrogen) atoms. The third-order valence-electron chi connectivity index (χ3n) is 9.48. The van der Waals surface area contributed by atoms with E-state index in [1.807, 2.05) is 0 Å². The van der Waals surface area contributed by atoms with Gasteiger partial charge in [-0.15, -0.1) is 0 Å². The third-order valence-corrected chi connectivity index (χ3v) is 11.7. The Morgan fingerprint density at radius 1 is 0.953 bits per heavy atom. The maximum Gasteiger partial charge on any atom is 0.246 e. The number of carbonyl (C=O) groups is 1. The highest BCUT2D eigenvalue weighted by Crippen LogP contribution is 2.39. The molecule has 0 radical (unpaired) electrons. The fourth-order valence-corrected chi connectivity index (χ4v) is 9.09. The summed E-state index contributed by atoms with van der Waals surface area (Å²) >= 11 is 0. The molecule has 2 saturated heterocycles. The Bertz CT molecular complexity index is 1320. The zero-order chi connectivity index (χ0) is 30.6. The maximum atomic E-state index is 13.4. The molecule has 2 aliphatic heterocycles. The number of hydrogen-bond donors (Lipinski definition) is 1. The number of nitrogens with zero attached hydrogens (tertiary/aromatic N) is 3. The first kappa shape index (κ1) is 31.9. The lowest BCUT2D eigenvalue weighted by Crippen LogP contribution is -2.48. The smallest absolute Gasteiger partial charge is 0.246 e. The van der Waals surface area contributed by atoms with E-state index in [2.05, 4.69) is 52.5 Å². The van der Waals surface area contributed by atoms with Crippen molar-refractivity contribution in [2.45, 2.75) is 69.0 Å². The van der Waals surface area contributed by atoms with E-state index in [9.17, 15) is 13.2 Å². The van der Waals surface area contributed by atoms with E-state index >= 15 is 0 Å². The molecule has 2 aromatic rings. The molecule has 0 aromatic heterocycles. The largest absolute Gasteiger partial charge is 0.497 e. The van der Waals surface area contributed by atoms with E-state index in [-0.39, 0.29) is 31.2 Å². The van der Waals surface area contributed by atoms with Gasteiger partial charge in [0.2, 0.25) is 15.9 Å². The van der Waals surface area contributed by atoms with Crippen LogP contribution in [0.5, 0.6) is 5.75 Å². The second kappa shape index (κ2) is 14.1. The Kier molecular flexibility index (Phi) is 10.4. The van der Waals surface area contributed by atoms with Gasteiger partial charge in [-0.05, 0) is 87.7 Å². The molecular weight excluding hydrogens is 564 g/mol. The lowest BCUT2D eigenvalue weighted by Gasteiger charge is -2.44. The summed E-state index contributed by atoms with van der Waals surface area (Å²) < 4.78 is 39.6. The van der Waals surface area contributed by atoms with Crippen molar-refractivity contribution in [3.8, 4) is 5.75 Å². The summed E-state index contributed by atoms with van der Waals surface area (Å²) in [6.07, 6.45) is 4.35. The molecule has 3 aliphatic rings. The second-order valence-corrected chi connectivity index (χ2v) is 14.4. The number of amides is 1. The van der Waals surface area contributed by atoms with Crippen LogP contribution in [-0.4, -0.2) is 101 Å². The fourth-order valence-electron chi connectivity index (χ4n) is 7.19. The molecule has 1 amide bonds. The van der Waals surface area contributed by atoms with E-state index < -0.39 is 10.0 Å². The van der Waals surface area contributed by atoms with Crippen LogP contribution < -0.4 is 10.1 Å². The molecule has 2 atom stereocenters. The summed E-state index contributed by atoms with van der Waals surface area (Å²) in [6.45, 7) is 8.52. The van der Waals surface area contributed by atoms with Gasteiger partial charge in [-0.1, -0.05) is 30.3 Å². The van der Waals surface area contributed by atoms with Gasteiger partial charge in [-0.2, -0.15) is 4.31 Å². The Hall–Kier alpha value is -2.50. The molecule has 1 aliphatic carbocycles. The molecule has 2 heterocycles. The van der Waals surface area contributed by atoms with Crippen LogP contribution in [0, 0.1) is 19.8 Å². The van der Waals surface area contributed by atoms with Gasteiger partial charge in [0.25, 0.3) is 0 Å². The van der Waals surface area contributed by atoms with Gasteiger partial charge in [-0.25, -0.2) is 8.42 Å². The van der Waals surface area contributed by atoms with Gasteiger partial charge >= 0.3 is 0 Å². The molecule has 0 spiro atoms. The minimum absolute atomic E-state index is 0.0486. The summed E-state index contributed by atoms with van der Waals surface area (Å²) in [7, 11) is 0.0967. The Morgan fingerprint density at radius 2 is 1.60 bits per heavy atom. The van der Waals surface area contributed by atoms with Gasteiger partial charge in [0, 0.05) is 51.4 Å². The van der Waals surface area contributed by atoms with Gasteiger partial charge < -0.3 is 19.7 Å². The normalized spacial score (nSPS) is 25.0. The van der Waals surface area contributed by atoms with Crippen LogP contribution >= 0.6 is 0 Å². The second-order valence-electron chi connectivity index (χ2n) is 12.5. The number of likely N-dealkylation sites (N-methyl/N-ethyl adjacent to an activating group) is 1. The number of nitrogens with one attached hydrogen (secondary N) is 1. The van der Waals surface area contributed by atoms with Crippen molar-refractivity contribution in [3.05, 3.63) is 59.2 Å².